The number of likely N-dealkylation sites (tertiary alicyclic amines) is 2. The SMILES string of the molecule is COC(=O)C[C@H](C(=O)N1CCC[C@H]1c1ncc(-c2ccc(-c3ccc(-c4cnc([C@@H]5CCCN5C(=O)[C@H](NC(=O)OC)c5ccccc5)[nH]4)c(F)c3)cc2F)[nH]1)C1CC1. The smallest absolute Gasteiger partial charge is 0.407 e. The maximum atomic E-state index is 15.8. The van der Waals surface area contributed by atoms with Crippen LogP contribution in [0.3, 0.4) is 0 Å². The highest BCUT2D eigenvalue weighted by atomic mass is 19.1. The molecule has 3 N–H and O–H groups in total. The number of alkyl carbamates (subject to hydrolysis) is 1. The van der Waals surface area contributed by atoms with Gasteiger partial charge in [0.2, 0.25) is 5.91 Å². The summed E-state index contributed by atoms with van der Waals surface area (Å²) in [7, 11) is 2.56. The van der Waals surface area contributed by atoms with Gasteiger partial charge >= 0.3 is 12.1 Å². The van der Waals surface area contributed by atoms with Gasteiger partial charge in [0.25, 0.3) is 5.91 Å². The first-order valence-corrected chi connectivity index (χ1v) is 19.9. The first-order chi connectivity index (χ1) is 28.6. The van der Waals surface area contributed by atoms with E-state index in [0.717, 1.165) is 19.3 Å². The first-order valence-electron chi connectivity index (χ1n) is 19.9. The predicted molar refractivity (Wildman–Crippen MR) is 212 cm³/mol. The van der Waals surface area contributed by atoms with E-state index in [1.54, 1.807) is 64.5 Å². The van der Waals surface area contributed by atoms with Gasteiger partial charge in [-0.2, -0.15) is 0 Å². The number of methoxy groups -OCH3 is 2. The van der Waals surface area contributed by atoms with E-state index in [4.69, 9.17) is 9.47 Å². The van der Waals surface area contributed by atoms with Crippen LogP contribution in [0.1, 0.15) is 80.3 Å². The molecule has 306 valence electrons. The second-order valence-corrected chi connectivity index (χ2v) is 15.3. The molecule has 3 aliphatic rings. The van der Waals surface area contributed by atoms with Gasteiger partial charge < -0.3 is 34.6 Å². The molecular formula is C44H45F2N7O6. The molecule has 0 unspecified atom stereocenters. The molecule has 2 saturated heterocycles. The molecule has 3 amide bonds. The summed E-state index contributed by atoms with van der Waals surface area (Å²) < 4.78 is 41.2. The monoisotopic (exact) mass is 805 g/mol. The van der Waals surface area contributed by atoms with Crippen molar-refractivity contribution >= 4 is 23.9 Å². The Hall–Kier alpha value is -6.38. The molecule has 3 fully saturated rings. The molecule has 13 nitrogen and oxygen atoms in total. The number of esters is 1. The standard InChI is InChI=1S/C44H45F2N7O6/c1-58-38(54)22-31(25-12-13-25)42(55)52-18-6-10-36(52)40-47-23-34(49-40)29-16-14-27(20-32(29)45)28-15-17-30(33(46)21-28)35-24-48-41(50-35)37-11-7-19-53(37)43(56)39(51-44(57)59-2)26-8-4-3-5-9-26/h3-5,8-9,14-17,20-21,23-25,31,36-37,39H,6-7,10-13,18-19,22H2,1-2H3,(H,47,49)(H,48,50)(H,51,57)/t31-,36-,37-,39+/m0/s1. The van der Waals surface area contributed by atoms with E-state index >= 15 is 8.78 Å². The van der Waals surface area contributed by atoms with Crippen LogP contribution in [-0.4, -0.2) is 80.9 Å². The van der Waals surface area contributed by atoms with Crippen LogP contribution in [0.5, 0.6) is 0 Å². The van der Waals surface area contributed by atoms with Crippen molar-refractivity contribution in [3.8, 4) is 33.6 Å². The average Bonchev–Trinajstić information content (AvgIpc) is 3.71. The van der Waals surface area contributed by atoms with Gasteiger partial charge in [0.1, 0.15) is 29.3 Å². The summed E-state index contributed by atoms with van der Waals surface area (Å²) in [5.74, 6) is -1.05. The minimum atomic E-state index is -0.967. The van der Waals surface area contributed by atoms with Crippen molar-refractivity contribution in [2.75, 3.05) is 27.3 Å². The van der Waals surface area contributed by atoms with Crippen LogP contribution < -0.4 is 5.32 Å². The number of amides is 3. The Kier molecular flexibility index (Phi) is 11.3. The molecule has 4 atom stereocenters. The topological polar surface area (TPSA) is 163 Å². The molecular weight excluding hydrogens is 761 g/mol. The van der Waals surface area contributed by atoms with Gasteiger partial charge in [-0.25, -0.2) is 23.5 Å². The van der Waals surface area contributed by atoms with Gasteiger partial charge in [-0.15, -0.1) is 0 Å². The Labute approximate surface area is 339 Å². The van der Waals surface area contributed by atoms with Crippen molar-refractivity contribution in [2.24, 2.45) is 11.8 Å². The van der Waals surface area contributed by atoms with Gasteiger partial charge in [0.15, 0.2) is 0 Å². The van der Waals surface area contributed by atoms with E-state index in [0.29, 0.717) is 72.1 Å². The largest absolute Gasteiger partial charge is 0.469 e. The number of nitrogens with zero attached hydrogens (tertiary/aromatic N) is 4. The quantitative estimate of drug-likeness (QED) is 0.110. The third-order valence-electron chi connectivity index (χ3n) is 11.7. The number of halogens is 2. The lowest BCUT2D eigenvalue weighted by atomic mass is 9.97. The zero-order valence-corrected chi connectivity index (χ0v) is 32.8. The van der Waals surface area contributed by atoms with Crippen molar-refractivity contribution < 1.29 is 37.4 Å². The number of carbonyl (C=O) groups is 4. The lowest BCUT2D eigenvalue weighted by molar-refractivity contribution is -0.148. The maximum absolute atomic E-state index is 15.8. The minimum absolute atomic E-state index is 0.0553. The van der Waals surface area contributed by atoms with Gasteiger partial charge in [-0.05, 0) is 85.4 Å². The van der Waals surface area contributed by atoms with E-state index < -0.39 is 41.7 Å². The summed E-state index contributed by atoms with van der Waals surface area (Å²) in [4.78, 5) is 70.8. The number of hydrogen-bond donors (Lipinski definition) is 3. The fourth-order valence-electron chi connectivity index (χ4n) is 8.45. The Morgan fingerprint density at radius 2 is 1.29 bits per heavy atom. The van der Waals surface area contributed by atoms with E-state index in [1.165, 1.54) is 32.5 Å². The highest BCUT2D eigenvalue weighted by molar-refractivity contribution is 5.87. The molecule has 3 aromatic carbocycles. The highest BCUT2D eigenvalue weighted by Gasteiger charge is 2.43. The summed E-state index contributed by atoms with van der Waals surface area (Å²) in [6.45, 7) is 1.00. The van der Waals surface area contributed by atoms with Crippen molar-refractivity contribution in [3.05, 3.63) is 108 Å². The Morgan fingerprint density at radius 3 is 1.78 bits per heavy atom. The van der Waals surface area contributed by atoms with E-state index in [-0.39, 0.29) is 41.3 Å². The van der Waals surface area contributed by atoms with E-state index in [1.807, 2.05) is 6.07 Å². The Bertz CT molecular complexity index is 2360. The number of benzene rings is 3. The van der Waals surface area contributed by atoms with Crippen LogP contribution in [0.4, 0.5) is 13.6 Å². The predicted octanol–water partition coefficient (Wildman–Crippen LogP) is 7.43. The summed E-state index contributed by atoms with van der Waals surface area (Å²) >= 11 is 0. The molecule has 1 aliphatic carbocycles. The number of carbonyl (C=O) groups excluding carboxylic acids is 4. The molecule has 4 heterocycles. The van der Waals surface area contributed by atoms with Crippen molar-refractivity contribution in [1.29, 1.82) is 0 Å². The van der Waals surface area contributed by atoms with Crippen molar-refractivity contribution in [2.45, 2.75) is 63.1 Å². The van der Waals surface area contributed by atoms with E-state index in [2.05, 4.69) is 25.3 Å². The number of aromatic amines is 2. The third-order valence-corrected chi connectivity index (χ3v) is 11.7. The zero-order valence-electron chi connectivity index (χ0n) is 32.8. The van der Waals surface area contributed by atoms with Crippen LogP contribution in [0.2, 0.25) is 0 Å². The molecule has 0 bridgehead atoms. The molecule has 1 saturated carbocycles. The number of ether oxygens (including phenoxy) is 2. The number of hydrogen-bond acceptors (Lipinski definition) is 8. The molecule has 5 aromatic rings. The van der Waals surface area contributed by atoms with Crippen LogP contribution >= 0.6 is 0 Å². The van der Waals surface area contributed by atoms with Crippen LogP contribution in [0.15, 0.2) is 79.1 Å². The van der Waals surface area contributed by atoms with Crippen LogP contribution in [0, 0.1) is 23.5 Å². The fourth-order valence-corrected chi connectivity index (χ4v) is 8.45. The third kappa shape index (κ3) is 8.18. The van der Waals surface area contributed by atoms with Gasteiger partial charge in [-0.1, -0.05) is 42.5 Å². The van der Waals surface area contributed by atoms with Gasteiger partial charge in [0, 0.05) is 24.2 Å². The maximum Gasteiger partial charge on any atom is 0.407 e. The summed E-state index contributed by atoms with van der Waals surface area (Å²) in [5.41, 5.74) is 2.96. The average molecular weight is 806 g/mol. The second-order valence-electron chi connectivity index (χ2n) is 15.3. The second kappa shape index (κ2) is 16.8. The summed E-state index contributed by atoms with van der Waals surface area (Å²) in [5, 5.41) is 2.65. The van der Waals surface area contributed by atoms with E-state index in [9.17, 15) is 19.2 Å². The lowest BCUT2D eigenvalue weighted by Gasteiger charge is -2.28. The first kappa shape index (κ1) is 39.4. The molecule has 2 aliphatic heterocycles. The lowest BCUT2D eigenvalue weighted by Crippen LogP contribution is -2.42. The van der Waals surface area contributed by atoms with Crippen molar-refractivity contribution in [3.63, 3.8) is 0 Å². The summed E-state index contributed by atoms with van der Waals surface area (Å²) in [6.07, 6.45) is 7.05. The molecule has 0 spiro atoms. The molecule has 15 heteroatoms. The van der Waals surface area contributed by atoms with Crippen LogP contribution in [0.25, 0.3) is 33.6 Å². The molecule has 8 rings (SSSR count). The molecule has 59 heavy (non-hydrogen) atoms. The van der Waals surface area contributed by atoms with Gasteiger partial charge in [-0.3, -0.25) is 14.4 Å². The van der Waals surface area contributed by atoms with Crippen LogP contribution in [-0.2, 0) is 23.9 Å². The minimum Gasteiger partial charge on any atom is -0.469 e. The molecule has 0 radical (unpaired) electrons. The number of rotatable bonds is 12. The highest BCUT2D eigenvalue weighted by Crippen LogP contribution is 2.43. The normalized spacial score (nSPS) is 18.7. The zero-order chi connectivity index (χ0) is 41.2. The van der Waals surface area contributed by atoms with Gasteiger partial charge in [0.05, 0.1) is 62.4 Å². The number of imidazole rings is 2. The molecule has 2 aromatic heterocycles. The Balaban J connectivity index is 0.958. The number of aromatic nitrogens is 4. The Morgan fingerprint density at radius 1 is 0.746 bits per heavy atom. The number of H-pyrrole nitrogens is 2. The van der Waals surface area contributed by atoms with Crippen molar-refractivity contribution in [1.82, 2.24) is 35.1 Å². The number of nitrogens with one attached hydrogen (secondary N) is 3. The summed E-state index contributed by atoms with van der Waals surface area (Å²) in [6, 6.07) is 16.5. The fraction of sp³-hybridized carbons (Fsp3) is 0.364.